The molecule has 2 N–H and O–H groups in total. The minimum absolute atomic E-state index is 0.0151. The number of nitrogens with one attached hydrogen (secondary N) is 2. The molecule has 1 rings (SSSR count). The van der Waals surface area contributed by atoms with E-state index in [1.807, 2.05) is 44.2 Å². The molecule has 0 aliphatic rings. The molecule has 0 aliphatic carbocycles. The maximum atomic E-state index is 11.2. The Balaban J connectivity index is 2.36. The number of para-hydroxylation sites is 1. The van der Waals surface area contributed by atoms with Crippen LogP contribution in [0.1, 0.15) is 20.3 Å². The lowest BCUT2D eigenvalue weighted by molar-refractivity contribution is 0.223. The van der Waals surface area contributed by atoms with Gasteiger partial charge in [0, 0.05) is 19.3 Å². The minimum Gasteiger partial charge on any atom is -0.489 e. The Labute approximate surface area is 139 Å². The highest BCUT2D eigenvalue weighted by atomic mass is 32.2. The first-order valence-electron chi connectivity index (χ1n) is 7.67. The van der Waals surface area contributed by atoms with Gasteiger partial charge < -0.3 is 15.4 Å². The summed E-state index contributed by atoms with van der Waals surface area (Å²) >= 11 is 0. The lowest BCUT2D eigenvalue weighted by Gasteiger charge is -2.20. The van der Waals surface area contributed by atoms with Crippen LogP contribution in [0.15, 0.2) is 35.3 Å². The average Bonchev–Trinajstić information content (AvgIpc) is 2.49. The molecule has 0 heterocycles. The Morgan fingerprint density at radius 2 is 1.91 bits per heavy atom. The van der Waals surface area contributed by atoms with Crippen molar-refractivity contribution in [3.63, 3.8) is 0 Å². The lowest BCUT2D eigenvalue weighted by atomic mass is 10.3. The van der Waals surface area contributed by atoms with Crippen molar-refractivity contribution in [2.24, 2.45) is 4.99 Å². The van der Waals surface area contributed by atoms with Gasteiger partial charge >= 0.3 is 0 Å². The van der Waals surface area contributed by atoms with Gasteiger partial charge in [-0.2, -0.15) is 0 Å². The van der Waals surface area contributed by atoms with Crippen molar-refractivity contribution in [1.29, 1.82) is 0 Å². The van der Waals surface area contributed by atoms with Crippen LogP contribution in [-0.2, 0) is 9.84 Å². The molecule has 0 aliphatic heterocycles. The topological polar surface area (TPSA) is 79.8 Å². The van der Waals surface area contributed by atoms with Crippen LogP contribution >= 0.6 is 0 Å². The second-order valence-corrected chi connectivity index (χ2v) is 7.92. The smallest absolute Gasteiger partial charge is 0.191 e. The maximum Gasteiger partial charge on any atom is 0.191 e. The summed E-state index contributed by atoms with van der Waals surface area (Å²) in [5.41, 5.74) is 0. The van der Waals surface area contributed by atoms with Crippen LogP contribution in [0.2, 0.25) is 0 Å². The van der Waals surface area contributed by atoms with Crippen LogP contribution in [0.3, 0.4) is 0 Å². The lowest BCUT2D eigenvalue weighted by Crippen LogP contribution is -2.45. The van der Waals surface area contributed by atoms with Crippen molar-refractivity contribution in [2.45, 2.75) is 32.4 Å². The zero-order valence-corrected chi connectivity index (χ0v) is 15.1. The number of guanidine groups is 1. The van der Waals surface area contributed by atoms with E-state index < -0.39 is 9.84 Å². The van der Waals surface area contributed by atoms with E-state index in [4.69, 9.17) is 4.74 Å². The molecule has 6 nitrogen and oxygen atoms in total. The summed E-state index contributed by atoms with van der Waals surface area (Å²) in [4.78, 5) is 4.14. The van der Waals surface area contributed by atoms with E-state index in [0.29, 0.717) is 18.9 Å². The minimum atomic E-state index is -2.94. The highest BCUT2D eigenvalue weighted by Gasteiger charge is 2.10. The maximum absolute atomic E-state index is 11.2. The summed E-state index contributed by atoms with van der Waals surface area (Å²) in [7, 11) is -1.26. The van der Waals surface area contributed by atoms with Crippen molar-refractivity contribution < 1.29 is 13.2 Å². The van der Waals surface area contributed by atoms with Crippen LogP contribution in [0.4, 0.5) is 0 Å². The van der Waals surface area contributed by atoms with Gasteiger partial charge in [-0.3, -0.25) is 4.99 Å². The third-order valence-electron chi connectivity index (χ3n) is 3.17. The second kappa shape index (κ2) is 9.39. The predicted molar refractivity (Wildman–Crippen MR) is 94.8 cm³/mol. The van der Waals surface area contributed by atoms with E-state index >= 15 is 0 Å². The van der Waals surface area contributed by atoms with Crippen LogP contribution in [0.5, 0.6) is 5.75 Å². The molecule has 0 radical (unpaired) electrons. The first-order valence-corrected chi connectivity index (χ1v) is 9.73. The summed E-state index contributed by atoms with van der Waals surface area (Å²) < 4.78 is 28.2. The van der Waals surface area contributed by atoms with Gasteiger partial charge in [-0.05, 0) is 32.4 Å². The van der Waals surface area contributed by atoms with Gasteiger partial charge in [0.2, 0.25) is 0 Å². The van der Waals surface area contributed by atoms with Crippen molar-refractivity contribution in [3.8, 4) is 5.75 Å². The van der Waals surface area contributed by atoms with Crippen LogP contribution < -0.4 is 15.4 Å². The normalized spacial score (nSPS) is 14.9. The van der Waals surface area contributed by atoms with Crippen molar-refractivity contribution in [2.75, 3.05) is 25.6 Å². The molecule has 130 valence electrons. The highest BCUT2D eigenvalue weighted by molar-refractivity contribution is 7.90. The third kappa shape index (κ3) is 9.07. The Hall–Kier alpha value is -1.76. The Morgan fingerprint density at radius 1 is 1.26 bits per heavy atom. The van der Waals surface area contributed by atoms with Crippen LogP contribution in [0, 0.1) is 0 Å². The molecule has 0 aromatic heterocycles. The molecule has 2 atom stereocenters. The van der Waals surface area contributed by atoms with Gasteiger partial charge in [-0.25, -0.2) is 8.42 Å². The second-order valence-electron chi connectivity index (χ2n) is 5.66. The van der Waals surface area contributed by atoms with E-state index in [0.717, 1.165) is 5.75 Å². The Bertz CT molecular complexity index is 588. The number of rotatable bonds is 8. The summed E-state index contributed by atoms with van der Waals surface area (Å²) in [5.74, 6) is 1.62. The number of nitrogens with zero attached hydrogens (tertiary/aromatic N) is 1. The average molecular weight is 341 g/mol. The fourth-order valence-corrected chi connectivity index (χ4v) is 2.69. The fourth-order valence-electron chi connectivity index (χ4n) is 1.90. The van der Waals surface area contributed by atoms with Crippen molar-refractivity contribution in [3.05, 3.63) is 30.3 Å². The van der Waals surface area contributed by atoms with Crippen molar-refractivity contribution in [1.82, 2.24) is 10.6 Å². The highest BCUT2D eigenvalue weighted by Crippen LogP contribution is 2.10. The zero-order chi connectivity index (χ0) is 17.3. The largest absolute Gasteiger partial charge is 0.489 e. The molecule has 0 saturated heterocycles. The zero-order valence-electron chi connectivity index (χ0n) is 14.2. The summed E-state index contributed by atoms with van der Waals surface area (Å²) in [6.45, 7) is 4.50. The predicted octanol–water partition coefficient (Wildman–Crippen LogP) is 1.44. The van der Waals surface area contributed by atoms with Crippen LogP contribution in [0.25, 0.3) is 0 Å². The van der Waals surface area contributed by atoms with Gasteiger partial charge in [0.15, 0.2) is 5.96 Å². The Kier molecular flexibility index (Phi) is 7.88. The Morgan fingerprint density at radius 3 is 2.48 bits per heavy atom. The van der Waals surface area contributed by atoms with Gasteiger partial charge in [-0.15, -0.1) is 0 Å². The number of hydrogen-bond donors (Lipinski definition) is 2. The number of hydrogen-bond acceptors (Lipinski definition) is 4. The van der Waals surface area contributed by atoms with Gasteiger partial charge in [0.05, 0.1) is 12.3 Å². The van der Waals surface area contributed by atoms with E-state index in [1.165, 1.54) is 6.26 Å². The third-order valence-corrected chi connectivity index (χ3v) is 4.14. The van der Waals surface area contributed by atoms with E-state index in [2.05, 4.69) is 15.6 Å². The van der Waals surface area contributed by atoms with Crippen LogP contribution in [-0.4, -0.2) is 52.1 Å². The van der Waals surface area contributed by atoms with Gasteiger partial charge in [0.25, 0.3) is 0 Å². The summed E-state index contributed by atoms with van der Waals surface area (Å²) in [6, 6.07) is 9.65. The molecule has 0 bridgehead atoms. The molecule has 1 aromatic carbocycles. The van der Waals surface area contributed by atoms with Crippen molar-refractivity contribution >= 4 is 15.8 Å². The van der Waals surface area contributed by atoms with Gasteiger partial charge in [-0.1, -0.05) is 18.2 Å². The number of aliphatic imine (C=N–C) groups is 1. The summed E-state index contributed by atoms with van der Waals surface area (Å²) in [6.07, 6.45) is 1.76. The number of benzene rings is 1. The molecule has 0 fully saturated rings. The SMILES string of the molecule is CN=C(NCC(C)Oc1ccccc1)NC(C)CCS(C)(=O)=O. The number of sulfone groups is 1. The molecule has 23 heavy (non-hydrogen) atoms. The van der Waals surface area contributed by atoms with Gasteiger partial charge in [0.1, 0.15) is 21.7 Å². The van der Waals surface area contributed by atoms with E-state index in [-0.39, 0.29) is 17.9 Å². The fraction of sp³-hybridized carbons (Fsp3) is 0.562. The molecule has 1 aromatic rings. The van der Waals surface area contributed by atoms with E-state index in [9.17, 15) is 8.42 Å². The molecular weight excluding hydrogens is 314 g/mol. The monoisotopic (exact) mass is 341 g/mol. The first-order chi connectivity index (χ1) is 10.8. The molecule has 0 spiro atoms. The standard InChI is InChI=1S/C16H27N3O3S/c1-13(10-11-23(4,20)21)19-16(17-3)18-12-14(2)22-15-8-6-5-7-9-15/h5-9,13-14H,10-12H2,1-4H3,(H2,17,18,19). The molecular formula is C16H27N3O3S. The molecule has 0 amide bonds. The summed E-state index contributed by atoms with van der Waals surface area (Å²) in [5, 5.41) is 6.36. The first kappa shape index (κ1) is 19.3. The molecule has 0 saturated carbocycles. The molecule has 2 unspecified atom stereocenters. The quantitative estimate of drug-likeness (QED) is 0.552. The number of ether oxygens (including phenoxy) is 1. The molecule has 7 heteroatoms. The van der Waals surface area contributed by atoms with E-state index in [1.54, 1.807) is 7.05 Å².